The monoisotopic (exact) mass is 353 g/mol. The van der Waals surface area contributed by atoms with Gasteiger partial charge in [-0.1, -0.05) is 32.0 Å². The molecule has 0 aromatic heterocycles. The van der Waals surface area contributed by atoms with Gasteiger partial charge in [0.1, 0.15) is 0 Å². The van der Waals surface area contributed by atoms with Crippen LogP contribution in [0.5, 0.6) is 0 Å². The molecular formula is C19H19N3O4. The molecular weight excluding hydrogens is 334 g/mol. The average Bonchev–Trinajstić information content (AvgIpc) is 2.60. The number of non-ortho nitro benzene ring substituents is 1. The Bertz CT molecular complexity index is 859. The first-order valence-electron chi connectivity index (χ1n) is 7.99. The van der Waals surface area contributed by atoms with Crippen molar-refractivity contribution in [3.05, 3.63) is 70.3 Å². The standard InChI is InChI=1S/C19H19N3O4/c1-13(2)19(24)21-16-7-4-6-15(12-16)20-18(23)10-9-14-5-3-8-17(11-14)22(25)26/h3-13H,1-2H3,(H,20,23)(H,21,24)/b10-9+. The van der Waals surface area contributed by atoms with Crippen LogP contribution in [0, 0.1) is 16.0 Å². The summed E-state index contributed by atoms with van der Waals surface area (Å²) in [4.78, 5) is 34.0. The fourth-order valence-electron chi connectivity index (χ4n) is 2.06. The van der Waals surface area contributed by atoms with E-state index in [0.717, 1.165) is 0 Å². The van der Waals surface area contributed by atoms with E-state index in [0.29, 0.717) is 16.9 Å². The van der Waals surface area contributed by atoms with Crippen LogP contribution < -0.4 is 10.6 Å². The van der Waals surface area contributed by atoms with E-state index in [-0.39, 0.29) is 23.4 Å². The zero-order chi connectivity index (χ0) is 19.1. The molecule has 7 nitrogen and oxygen atoms in total. The summed E-state index contributed by atoms with van der Waals surface area (Å²) in [5.41, 5.74) is 1.62. The van der Waals surface area contributed by atoms with E-state index in [4.69, 9.17) is 0 Å². The molecule has 0 bridgehead atoms. The van der Waals surface area contributed by atoms with Gasteiger partial charge in [0.2, 0.25) is 11.8 Å². The maximum Gasteiger partial charge on any atom is 0.270 e. The summed E-state index contributed by atoms with van der Waals surface area (Å²) in [6.45, 7) is 3.58. The van der Waals surface area contributed by atoms with Crippen molar-refractivity contribution in [1.29, 1.82) is 0 Å². The molecule has 2 aromatic rings. The topological polar surface area (TPSA) is 101 Å². The minimum absolute atomic E-state index is 0.0406. The van der Waals surface area contributed by atoms with Crippen LogP contribution >= 0.6 is 0 Å². The highest BCUT2D eigenvalue weighted by Gasteiger charge is 2.08. The lowest BCUT2D eigenvalue weighted by Gasteiger charge is -2.09. The van der Waals surface area contributed by atoms with Crippen molar-refractivity contribution in [1.82, 2.24) is 0 Å². The molecule has 2 aromatic carbocycles. The zero-order valence-corrected chi connectivity index (χ0v) is 14.4. The van der Waals surface area contributed by atoms with Gasteiger partial charge in [0, 0.05) is 35.5 Å². The number of rotatable bonds is 6. The van der Waals surface area contributed by atoms with Gasteiger partial charge in [-0.15, -0.1) is 0 Å². The number of carbonyl (C=O) groups is 2. The third kappa shape index (κ3) is 5.55. The second-order valence-corrected chi connectivity index (χ2v) is 5.90. The Hall–Kier alpha value is -3.48. The Morgan fingerprint density at radius 2 is 1.69 bits per heavy atom. The Morgan fingerprint density at radius 3 is 2.35 bits per heavy atom. The number of amides is 2. The fourth-order valence-corrected chi connectivity index (χ4v) is 2.06. The van der Waals surface area contributed by atoms with Gasteiger partial charge >= 0.3 is 0 Å². The second kappa shape index (κ2) is 8.57. The lowest BCUT2D eigenvalue weighted by Crippen LogP contribution is -2.17. The van der Waals surface area contributed by atoms with E-state index in [9.17, 15) is 19.7 Å². The summed E-state index contributed by atoms with van der Waals surface area (Å²) in [6.07, 6.45) is 2.78. The Morgan fingerprint density at radius 1 is 1.04 bits per heavy atom. The van der Waals surface area contributed by atoms with Gasteiger partial charge in [-0.05, 0) is 29.8 Å². The minimum Gasteiger partial charge on any atom is -0.326 e. The number of nitro benzene ring substituents is 1. The Balaban J connectivity index is 2.02. The van der Waals surface area contributed by atoms with Crippen LogP contribution in [-0.2, 0) is 9.59 Å². The number of hydrogen-bond acceptors (Lipinski definition) is 4. The van der Waals surface area contributed by atoms with Crippen LogP contribution in [0.3, 0.4) is 0 Å². The van der Waals surface area contributed by atoms with E-state index in [1.54, 1.807) is 50.2 Å². The molecule has 7 heteroatoms. The van der Waals surface area contributed by atoms with E-state index >= 15 is 0 Å². The summed E-state index contributed by atoms with van der Waals surface area (Å²) in [6, 6.07) is 12.8. The maximum atomic E-state index is 12.0. The van der Waals surface area contributed by atoms with Gasteiger partial charge in [-0.25, -0.2) is 0 Å². The summed E-state index contributed by atoms with van der Waals surface area (Å²) < 4.78 is 0. The van der Waals surface area contributed by atoms with Crippen molar-refractivity contribution in [3.8, 4) is 0 Å². The van der Waals surface area contributed by atoms with Crippen molar-refractivity contribution in [3.63, 3.8) is 0 Å². The molecule has 0 unspecified atom stereocenters. The molecule has 0 radical (unpaired) electrons. The van der Waals surface area contributed by atoms with Gasteiger partial charge in [-0.2, -0.15) is 0 Å². The number of carbonyl (C=O) groups excluding carboxylic acids is 2. The maximum absolute atomic E-state index is 12.0. The quantitative estimate of drug-likeness (QED) is 0.468. The van der Waals surface area contributed by atoms with Crippen LogP contribution in [0.15, 0.2) is 54.6 Å². The third-order valence-corrected chi connectivity index (χ3v) is 3.43. The van der Waals surface area contributed by atoms with Crippen LogP contribution in [0.1, 0.15) is 19.4 Å². The SMILES string of the molecule is CC(C)C(=O)Nc1cccc(NC(=O)/C=C/c2cccc([N+](=O)[O-])c2)c1. The lowest BCUT2D eigenvalue weighted by atomic mass is 10.2. The van der Waals surface area contributed by atoms with Crippen molar-refractivity contribution in [2.45, 2.75) is 13.8 Å². The molecule has 0 aliphatic rings. The zero-order valence-electron chi connectivity index (χ0n) is 14.4. The molecule has 2 amide bonds. The molecule has 0 saturated carbocycles. The molecule has 26 heavy (non-hydrogen) atoms. The number of hydrogen-bond donors (Lipinski definition) is 2. The number of nitrogens with one attached hydrogen (secondary N) is 2. The molecule has 0 aliphatic heterocycles. The van der Waals surface area contributed by atoms with E-state index in [1.807, 2.05) is 0 Å². The minimum atomic E-state index is -0.492. The highest BCUT2D eigenvalue weighted by Crippen LogP contribution is 2.17. The molecule has 134 valence electrons. The molecule has 0 fully saturated rings. The molecule has 0 aliphatic carbocycles. The van der Waals surface area contributed by atoms with Crippen LogP contribution in [0.25, 0.3) is 6.08 Å². The summed E-state index contributed by atoms with van der Waals surface area (Å²) in [5, 5.41) is 16.2. The van der Waals surface area contributed by atoms with Crippen molar-refractivity contribution >= 4 is 35.0 Å². The molecule has 2 N–H and O–H groups in total. The van der Waals surface area contributed by atoms with Crippen molar-refractivity contribution in [2.24, 2.45) is 5.92 Å². The second-order valence-electron chi connectivity index (χ2n) is 5.90. The highest BCUT2D eigenvalue weighted by atomic mass is 16.6. The van der Waals surface area contributed by atoms with E-state index in [1.165, 1.54) is 24.3 Å². The van der Waals surface area contributed by atoms with Gasteiger partial charge < -0.3 is 10.6 Å². The predicted molar refractivity (Wildman–Crippen MR) is 101 cm³/mol. The van der Waals surface area contributed by atoms with Gasteiger partial charge in [0.25, 0.3) is 5.69 Å². The number of anilines is 2. The normalized spacial score (nSPS) is 10.7. The average molecular weight is 353 g/mol. The lowest BCUT2D eigenvalue weighted by molar-refractivity contribution is -0.384. The van der Waals surface area contributed by atoms with Crippen molar-refractivity contribution in [2.75, 3.05) is 10.6 Å². The number of nitrogens with zero attached hydrogens (tertiary/aromatic N) is 1. The molecule has 0 saturated heterocycles. The largest absolute Gasteiger partial charge is 0.326 e. The highest BCUT2D eigenvalue weighted by molar-refractivity contribution is 6.02. The van der Waals surface area contributed by atoms with E-state index in [2.05, 4.69) is 10.6 Å². The van der Waals surface area contributed by atoms with Gasteiger partial charge in [0.15, 0.2) is 0 Å². The number of nitro groups is 1. The molecule has 0 atom stereocenters. The van der Waals surface area contributed by atoms with Crippen LogP contribution in [0.4, 0.5) is 17.1 Å². The smallest absolute Gasteiger partial charge is 0.270 e. The van der Waals surface area contributed by atoms with Gasteiger partial charge in [-0.3, -0.25) is 19.7 Å². The summed E-state index contributed by atoms with van der Waals surface area (Å²) in [7, 11) is 0. The Kier molecular flexibility index (Phi) is 6.21. The van der Waals surface area contributed by atoms with Crippen LogP contribution in [0.2, 0.25) is 0 Å². The first-order chi connectivity index (χ1) is 12.3. The first-order valence-corrected chi connectivity index (χ1v) is 7.99. The molecule has 0 heterocycles. The van der Waals surface area contributed by atoms with E-state index < -0.39 is 4.92 Å². The Labute approximate surface area is 150 Å². The fraction of sp³-hybridized carbons (Fsp3) is 0.158. The first kappa shape index (κ1) is 18.9. The third-order valence-electron chi connectivity index (χ3n) is 3.43. The molecule has 2 rings (SSSR count). The predicted octanol–water partition coefficient (Wildman–Crippen LogP) is 3.84. The number of benzene rings is 2. The van der Waals surface area contributed by atoms with Crippen LogP contribution in [-0.4, -0.2) is 16.7 Å². The summed E-state index contributed by atoms with van der Waals surface area (Å²) in [5.74, 6) is -0.644. The molecule has 0 spiro atoms. The summed E-state index contributed by atoms with van der Waals surface area (Å²) >= 11 is 0. The van der Waals surface area contributed by atoms with Gasteiger partial charge in [0.05, 0.1) is 4.92 Å². The van der Waals surface area contributed by atoms with Crippen molar-refractivity contribution < 1.29 is 14.5 Å².